The number of benzene rings is 8. The van der Waals surface area contributed by atoms with Crippen molar-refractivity contribution in [2.24, 2.45) is 5.73 Å². The molecule has 0 aliphatic heterocycles. The van der Waals surface area contributed by atoms with Crippen molar-refractivity contribution in [3.63, 3.8) is 0 Å². The minimum Gasteiger partial charge on any atom is -0.493 e. The molecule has 0 saturated heterocycles. The number of nitrogens with two attached hydrogens (primary N) is 1. The van der Waals surface area contributed by atoms with Crippen molar-refractivity contribution in [1.29, 1.82) is 0 Å². The van der Waals surface area contributed by atoms with Gasteiger partial charge in [0.1, 0.15) is 26.4 Å². The fourth-order valence-corrected chi connectivity index (χ4v) is 8.08. The van der Waals surface area contributed by atoms with Gasteiger partial charge < -0.3 is 63.5 Å². The van der Waals surface area contributed by atoms with Crippen molar-refractivity contribution in [2.45, 2.75) is 46.7 Å². The van der Waals surface area contributed by atoms with Gasteiger partial charge in [-0.3, -0.25) is 4.79 Å². The number of aliphatic carboxylic acids is 1. The molecular formula is C69H76N2O13. The van der Waals surface area contributed by atoms with Gasteiger partial charge in [-0.05, 0) is 125 Å². The van der Waals surface area contributed by atoms with Crippen LogP contribution in [0.1, 0.15) is 51.9 Å². The molecule has 0 heterocycles. The molecule has 440 valence electrons. The van der Waals surface area contributed by atoms with Crippen molar-refractivity contribution < 1.29 is 62.1 Å². The molecule has 15 heteroatoms. The fourth-order valence-electron chi connectivity index (χ4n) is 8.08. The molecule has 0 aliphatic carbocycles. The van der Waals surface area contributed by atoms with Gasteiger partial charge in [-0.2, -0.15) is 0 Å². The Morgan fingerprint density at radius 2 is 0.738 bits per heavy atom. The third kappa shape index (κ3) is 21.2. The van der Waals surface area contributed by atoms with E-state index in [4.69, 9.17) is 58.2 Å². The number of carbonyl (C=O) groups excluding carboxylic acids is 1. The van der Waals surface area contributed by atoms with E-state index < -0.39 is 5.97 Å². The zero-order valence-corrected chi connectivity index (χ0v) is 47.7. The lowest BCUT2D eigenvalue weighted by molar-refractivity contribution is -0.131. The number of methoxy groups -OCH3 is 6. The highest BCUT2D eigenvalue weighted by molar-refractivity contribution is 5.92. The van der Waals surface area contributed by atoms with Gasteiger partial charge in [0.25, 0.3) is 0 Å². The maximum atomic E-state index is 12.5. The number of carbonyl (C=O) groups is 2. The second-order valence-corrected chi connectivity index (χ2v) is 18.2. The molecule has 8 aromatic carbocycles. The van der Waals surface area contributed by atoms with Crippen molar-refractivity contribution in [3.8, 4) is 57.5 Å². The van der Waals surface area contributed by atoms with Crippen molar-refractivity contribution in [2.75, 3.05) is 55.7 Å². The van der Waals surface area contributed by atoms with Crippen molar-refractivity contribution >= 4 is 24.0 Å². The number of amides is 1. The predicted octanol–water partition coefficient (Wildman–Crippen LogP) is 13.0. The van der Waals surface area contributed by atoms with E-state index in [1.165, 1.54) is 26.4 Å². The SMILES string of the molecule is C.COc1cc(/C=C/C(=O)O)cc(OC)c1OCc1ccccc1.COc1ccc(CCN)cc1OCc1ccccc1.COc1ccc(CCNC(=O)/C=C/c2cc(OC)c(OCc3ccccc3)c(OC)c2)cc1OCc1ccccc1. The summed E-state index contributed by atoms with van der Waals surface area (Å²) in [5.74, 6) is 4.59. The summed E-state index contributed by atoms with van der Waals surface area (Å²) in [7, 11) is 9.45. The minimum absolute atomic E-state index is 0. The van der Waals surface area contributed by atoms with Crippen LogP contribution in [0.2, 0.25) is 0 Å². The summed E-state index contributed by atoms with van der Waals surface area (Å²) in [6, 6.07) is 58.4. The lowest BCUT2D eigenvalue weighted by atomic mass is 10.1. The summed E-state index contributed by atoms with van der Waals surface area (Å²) in [5.41, 5.74) is 13.4. The molecule has 8 aromatic rings. The van der Waals surface area contributed by atoms with Gasteiger partial charge in [0.05, 0.1) is 42.7 Å². The highest BCUT2D eigenvalue weighted by Gasteiger charge is 2.16. The Bertz CT molecular complexity index is 3250. The molecular weight excluding hydrogens is 1060 g/mol. The van der Waals surface area contributed by atoms with Crippen LogP contribution in [0.25, 0.3) is 12.2 Å². The molecule has 0 aliphatic rings. The molecule has 4 N–H and O–H groups in total. The monoisotopic (exact) mass is 1140 g/mol. The van der Waals surface area contributed by atoms with Crippen LogP contribution in [-0.2, 0) is 48.9 Å². The minimum atomic E-state index is -1.02. The summed E-state index contributed by atoms with van der Waals surface area (Å²) in [5, 5.41) is 11.6. The van der Waals surface area contributed by atoms with Crippen molar-refractivity contribution in [1.82, 2.24) is 5.32 Å². The van der Waals surface area contributed by atoms with E-state index in [0.717, 1.165) is 62.9 Å². The topological polar surface area (TPSA) is 185 Å². The highest BCUT2D eigenvalue weighted by Crippen LogP contribution is 2.41. The van der Waals surface area contributed by atoms with Crippen molar-refractivity contribution in [3.05, 3.63) is 239 Å². The molecule has 0 bridgehead atoms. The number of carboxylic acid groups (broad SMARTS) is 1. The quantitative estimate of drug-likeness (QED) is 0.0413. The summed E-state index contributed by atoms with van der Waals surface area (Å²) < 4.78 is 56.2. The lowest BCUT2D eigenvalue weighted by Crippen LogP contribution is -2.23. The Morgan fingerprint density at radius 3 is 1.07 bits per heavy atom. The standard InChI is InChI=1S/C34H35NO6.C18H18O5.C16H19NO2.CH4/c1-37-29-16-14-25(20-30(29)40-23-26-10-6-4-7-11-26)18-19-35-33(36)17-15-28-21-31(38-2)34(32(22-28)39-3)41-24-27-12-8-5-9-13-27;1-21-15-10-14(8-9-17(19)20)11-16(22-2)18(15)23-12-13-6-4-3-5-7-13;1-18-15-8-7-13(9-10-17)11-16(15)19-12-14-5-3-2-4-6-14;/h4-17,20-22H,18-19,23-24H2,1-3H3,(H,35,36);3-11H,12H2,1-2H3,(H,19,20);2-8,11H,9-10,12,17H2,1H3;1H4/b17-15+;9-8+;;. The van der Waals surface area contributed by atoms with E-state index in [-0.39, 0.29) is 13.3 Å². The third-order valence-electron chi connectivity index (χ3n) is 12.3. The molecule has 0 spiro atoms. The molecule has 0 saturated carbocycles. The summed E-state index contributed by atoms with van der Waals surface area (Å²) in [6.45, 7) is 2.82. The van der Waals surface area contributed by atoms with Crippen LogP contribution in [0, 0.1) is 0 Å². The first-order valence-corrected chi connectivity index (χ1v) is 26.7. The molecule has 15 nitrogen and oxygen atoms in total. The first-order valence-electron chi connectivity index (χ1n) is 26.7. The molecule has 8 rings (SSSR count). The highest BCUT2D eigenvalue weighted by atomic mass is 16.5. The first kappa shape index (κ1) is 65.0. The zero-order chi connectivity index (χ0) is 59.0. The molecule has 0 unspecified atom stereocenters. The Kier molecular flexibility index (Phi) is 27.7. The van der Waals surface area contributed by atoms with Crippen LogP contribution in [0.3, 0.4) is 0 Å². The van der Waals surface area contributed by atoms with E-state index in [0.29, 0.717) is 97.5 Å². The lowest BCUT2D eigenvalue weighted by Gasteiger charge is -2.15. The summed E-state index contributed by atoms with van der Waals surface area (Å²) in [6.07, 6.45) is 7.20. The van der Waals surface area contributed by atoms with E-state index in [1.807, 2.05) is 158 Å². The van der Waals surface area contributed by atoms with Gasteiger partial charge in [0, 0.05) is 18.7 Å². The molecule has 1 amide bonds. The Labute approximate surface area is 493 Å². The molecule has 0 atom stereocenters. The first-order chi connectivity index (χ1) is 40.6. The maximum absolute atomic E-state index is 12.5. The number of rotatable bonds is 27. The van der Waals surface area contributed by atoms with Crippen LogP contribution in [0.5, 0.6) is 57.5 Å². The van der Waals surface area contributed by atoms with Gasteiger partial charge in [-0.15, -0.1) is 0 Å². The number of nitrogens with one attached hydrogen (secondary N) is 1. The van der Waals surface area contributed by atoms with E-state index >= 15 is 0 Å². The summed E-state index contributed by atoms with van der Waals surface area (Å²) >= 11 is 0. The van der Waals surface area contributed by atoms with Crippen LogP contribution in [0.4, 0.5) is 0 Å². The Balaban J connectivity index is 0.000000253. The maximum Gasteiger partial charge on any atom is 0.328 e. The van der Waals surface area contributed by atoms with E-state index in [2.05, 4.69) is 5.32 Å². The number of hydrogen-bond donors (Lipinski definition) is 3. The van der Waals surface area contributed by atoms with Crippen LogP contribution >= 0.6 is 0 Å². The Morgan fingerprint density at radius 1 is 0.405 bits per heavy atom. The molecule has 0 fully saturated rings. The molecule has 84 heavy (non-hydrogen) atoms. The largest absolute Gasteiger partial charge is 0.493 e. The predicted molar refractivity (Wildman–Crippen MR) is 330 cm³/mol. The Hall–Kier alpha value is -9.86. The summed E-state index contributed by atoms with van der Waals surface area (Å²) in [4.78, 5) is 23.2. The smallest absolute Gasteiger partial charge is 0.328 e. The van der Waals surface area contributed by atoms with Gasteiger partial charge in [0.15, 0.2) is 46.0 Å². The van der Waals surface area contributed by atoms with Crippen LogP contribution < -0.4 is 58.4 Å². The second kappa shape index (κ2) is 35.8. The van der Waals surface area contributed by atoms with E-state index in [9.17, 15) is 9.59 Å². The van der Waals surface area contributed by atoms with Crippen LogP contribution in [-0.4, -0.2) is 72.7 Å². The second-order valence-electron chi connectivity index (χ2n) is 18.2. The average Bonchev–Trinajstić information content (AvgIpc) is 3.63. The molecule has 0 aromatic heterocycles. The fraction of sp³-hybridized carbons (Fsp3) is 0.217. The van der Waals surface area contributed by atoms with Crippen LogP contribution in [0.15, 0.2) is 194 Å². The van der Waals surface area contributed by atoms with Gasteiger partial charge in [-0.1, -0.05) is 141 Å². The van der Waals surface area contributed by atoms with E-state index in [1.54, 1.807) is 58.8 Å². The van der Waals surface area contributed by atoms with Gasteiger partial charge >= 0.3 is 5.97 Å². The van der Waals surface area contributed by atoms with Gasteiger partial charge in [0.2, 0.25) is 17.4 Å². The normalized spacial score (nSPS) is 10.4. The molecule has 0 radical (unpaired) electrons. The zero-order valence-electron chi connectivity index (χ0n) is 47.7. The van der Waals surface area contributed by atoms with Gasteiger partial charge in [-0.25, -0.2) is 4.79 Å². The number of ether oxygens (including phenoxy) is 10. The third-order valence-corrected chi connectivity index (χ3v) is 12.3. The number of carboxylic acids is 1. The number of hydrogen-bond acceptors (Lipinski definition) is 13. The average molecular weight is 1140 g/mol.